The number of halogens is 9. The van der Waals surface area contributed by atoms with Crippen LogP contribution in [0.4, 0.5) is 39.5 Å². The van der Waals surface area contributed by atoms with E-state index in [1.165, 1.54) is 34.0 Å². The monoisotopic (exact) mass is 1140 g/mol. The first-order chi connectivity index (χ1) is 37.8. The summed E-state index contributed by atoms with van der Waals surface area (Å²) in [5.41, 5.74) is 12.3. The highest BCUT2D eigenvalue weighted by atomic mass is 32.1. The maximum atomic E-state index is 13.5. The Morgan fingerprint density at radius 3 is 1.10 bits per heavy atom. The summed E-state index contributed by atoms with van der Waals surface area (Å²) in [4.78, 5) is 12.7. The van der Waals surface area contributed by atoms with Gasteiger partial charge in [0.2, 0.25) is 0 Å². The predicted octanol–water partition coefficient (Wildman–Crippen LogP) is 21.8. The first kappa shape index (κ1) is 56.3. The number of nitrogens with one attached hydrogen (secondary N) is 3. The molecule has 0 spiro atoms. The van der Waals surface area contributed by atoms with E-state index in [2.05, 4.69) is 27.1 Å². The van der Waals surface area contributed by atoms with Crippen molar-refractivity contribution in [1.82, 2.24) is 15.0 Å². The summed E-state index contributed by atoms with van der Waals surface area (Å²) in [5.74, 6) is -1.33. The molecule has 2 aliphatic rings. The molecule has 0 amide bonds. The van der Waals surface area contributed by atoms with Crippen molar-refractivity contribution in [1.29, 1.82) is 0 Å². The van der Waals surface area contributed by atoms with Crippen LogP contribution in [0.1, 0.15) is 160 Å². The lowest BCUT2D eigenvalue weighted by Gasteiger charge is -2.21. The maximum Gasteiger partial charge on any atom is 0.390 e. The minimum absolute atomic E-state index is 0.341. The molecule has 414 valence electrons. The SMILES string of the molecule is Cc1ccc2c([C@@H](CC(F)(F)F)c3cccs3)c(-c3ccccc3)[nH]c2c1.Cc1ccc2c([C@@H](CC(F)(F)F)c3cccs3)c(C3CCCC3)[nH]c2c1.Cc1ccc2c([C@H](CC(F)(F)F)c3cccs3)c(C3CCCC3)[nH]c2c1. The van der Waals surface area contributed by atoms with Crippen LogP contribution in [0.25, 0.3) is 44.0 Å². The molecular formula is C64H62F9N3S3. The van der Waals surface area contributed by atoms with Gasteiger partial charge in [-0.15, -0.1) is 34.0 Å². The number of alkyl halides is 9. The lowest BCUT2D eigenvalue weighted by Crippen LogP contribution is -2.15. The third-order valence-electron chi connectivity index (χ3n) is 15.6. The van der Waals surface area contributed by atoms with Crippen LogP contribution in [-0.2, 0) is 0 Å². The van der Waals surface area contributed by atoms with Crippen LogP contribution in [0.2, 0.25) is 0 Å². The molecule has 0 aliphatic heterocycles. The third-order valence-corrected chi connectivity index (χ3v) is 18.6. The molecule has 0 bridgehead atoms. The zero-order valence-corrected chi connectivity index (χ0v) is 46.5. The second-order valence-electron chi connectivity index (χ2n) is 21.5. The predicted molar refractivity (Wildman–Crippen MR) is 307 cm³/mol. The number of aromatic amines is 3. The Balaban J connectivity index is 0.000000134. The van der Waals surface area contributed by atoms with Crippen molar-refractivity contribution < 1.29 is 39.5 Å². The molecule has 2 fully saturated rings. The van der Waals surface area contributed by atoms with Gasteiger partial charge in [-0.1, -0.05) is 111 Å². The number of hydrogen-bond donors (Lipinski definition) is 3. The van der Waals surface area contributed by atoms with E-state index < -0.39 is 55.5 Å². The zero-order chi connectivity index (χ0) is 55.6. The molecule has 2 saturated carbocycles. The van der Waals surface area contributed by atoms with E-state index in [0.29, 0.717) is 11.8 Å². The van der Waals surface area contributed by atoms with Crippen LogP contribution in [-0.4, -0.2) is 33.5 Å². The summed E-state index contributed by atoms with van der Waals surface area (Å²) in [6.45, 7) is 6.01. The molecule has 2 aliphatic carbocycles. The van der Waals surface area contributed by atoms with Crippen molar-refractivity contribution in [2.75, 3.05) is 0 Å². The Morgan fingerprint density at radius 2 is 0.759 bits per heavy atom. The topological polar surface area (TPSA) is 47.4 Å². The number of rotatable bonds is 12. The molecule has 3 atom stereocenters. The van der Waals surface area contributed by atoms with Gasteiger partial charge < -0.3 is 15.0 Å². The number of thiophene rings is 3. The molecule has 0 saturated heterocycles. The molecule has 6 heterocycles. The van der Waals surface area contributed by atoms with E-state index in [1.54, 1.807) is 6.07 Å². The molecule has 10 aromatic rings. The molecule has 12 rings (SSSR count). The van der Waals surface area contributed by atoms with E-state index in [-0.39, 0.29) is 0 Å². The minimum Gasteiger partial charge on any atom is -0.358 e. The van der Waals surface area contributed by atoms with E-state index in [9.17, 15) is 39.5 Å². The minimum atomic E-state index is -4.25. The van der Waals surface area contributed by atoms with Crippen LogP contribution in [0, 0.1) is 20.8 Å². The van der Waals surface area contributed by atoms with Crippen molar-refractivity contribution in [2.45, 2.75) is 140 Å². The van der Waals surface area contributed by atoms with Crippen LogP contribution >= 0.6 is 34.0 Å². The quantitative estimate of drug-likeness (QED) is 0.102. The Hall–Kier alpha value is -6.03. The number of benzene rings is 4. The molecule has 0 unspecified atom stereocenters. The number of aromatic nitrogens is 3. The molecule has 3 nitrogen and oxygen atoms in total. The van der Waals surface area contributed by atoms with Gasteiger partial charge in [-0.3, -0.25) is 0 Å². The summed E-state index contributed by atoms with van der Waals surface area (Å²) in [6, 6.07) is 38.5. The largest absolute Gasteiger partial charge is 0.390 e. The lowest BCUT2D eigenvalue weighted by atomic mass is 9.87. The van der Waals surface area contributed by atoms with Crippen LogP contribution in [0.3, 0.4) is 0 Å². The van der Waals surface area contributed by atoms with E-state index in [4.69, 9.17) is 0 Å². The van der Waals surface area contributed by atoms with Crippen molar-refractivity contribution in [3.63, 3.8) is 0 Å². The first-order valence-corrected chi connectivity index (χ1v) is 29.6. The van der Waals surface area contributed by atoms with Gasteiger partial charge in [0.25, 0.3) is 0 Å². The molecule has 3 N–H and O–H groups in total. The Bertz CT molecular complexity index is 3420. The summed E-state index contributed by atoms with van der Waals surface area (Å²) in [6.07, 6.45) is -6.31. The van der Waals surface area contributed by atoms with Crippen molar-refractivity contribution in [3.8, 4) is 11.3 Å². The Labute approximate surface area is 466 Å². The van der Waals surface area contributed by atoms with Crippen LogP contribution in [0.15, 0.2) is 137 Å². The summed E-state index contributed by atoms with van der Waals surface area (Å²) in [7, 11) is 0. The Morgan fingerprint density at radius 1 is 0.418 bits per heavy atom. The molecular weight excluding hydrogens is 1080 g/mol. The van der Waals surface area contributed by atoms with Gasteiger partial charge >= 0.3 is 18.5 Å². The molecule has 6 aromatic heterocycles. The highest BCUT2D eigenvalue weighted by molar-refractivity contribution is 7.10. The normalized spacial score (nSPS) is 15.8. The van der Waals surface area contributed by atoms with Crippen molar-refractivity contribution in [3.05, 3.63) is 197 Å². The van der Waals surface area contributed by atoms with Gasteiger partial charge in [-0.2, -0.15) is 39.5 Å². The average Bonchev–Trinajstić information content (AvgIpc) is 4.47. The van der Waals surface area contributed by atoms with Gasteiger partial charge in [0, 0.05) is 76.5 Å². The fourth-order valence-corrected chi connectivity index (χ4v) is 14.8. The second-order valence-corrected chi connectivity index (χ2v) is 24.4. The number of aryl methyl sites for hydroxylation is 3. The smallest absolute Gasteiger partial charge is 0.358 e. The fourth-order valence-electron chi connectivity index (χ4n) is 12.3. The molecule has 4 aromatic carbocycles. The van der Waals surface area contributed by atoms with Gasteiger partial charge in [0.1, 0.15) is 0 Å². The van der Waals surface area contributed by atoms with Gasteiger partial charge in [-0.25, -0.2) is 0 Å². The number of H-pyrrole nitrogens is 3. The highest BCUT2D eigenvalue weighted by Crippen LogP contribution is 2.50. The first-order valence-electron chi connectivity index (χ1n) is 27.0. The third kappa shape index (κ3) is 13.3. The summed E-state index contributed by atoms with van der Waals surface area (Å²) < 4.78 is 121. The second kappa shape index (κ2) is 23.6. The van der Waals surface area contributed by atoms with Crippen molar-refractivity contribution >= 4 is 66.7 Å². The number of hydrogen-bond acceptors (Lipinski definition) is 3. The summed E-state index contributed by atoms with van der Waals surface area (Å²) in [5, 5.41) is 8.31. The molecule has 15 heteroatoms. The molecule has 0 radical (unpaired) electrons. The van der Waals surface area contributed by atoms with Crippen LogP contribution in [0.5, 0.6) is 0 Å². The van der Waals surface area contributed by atoms with Gasteiger partial charge in [0.15, 0.2) is 0 Å². The zero-order valence-electron chi connectivity index (χ0n) is 44.1. The Kier molecular flexibility index (Phi) is 16.8. The van der Waals surface area contributed by atoms with Gasteiger partial charge in [-0.05, 0) is 150 Å². The highest BCUT2D eigenvalue weighted by Gasteiger charge is 2.40. The summed E-state index contributed by atoms with van der Waals surface area (Å²) >= 11 is 4.21. The van der Waals surface area contributed by atoms with E-state index in [1.807, 2.05) is 140 Å². The van der Waals surface area contributed by atoms with E-state index in [0.717, 1.165) is 155 Å². The van der Waals surface area contributed by atoms with Crippen molar-refractivity contribution in [2.24, 2.45) is 0 Å². The number of fused-ring (bicyclic) bond motifs is 3. The average molecular weight is 1140 g/mol. The van der Waals surface area contributed by atoms with Crippen LogP contribution < -0.4 is 0 Å². The lowest BCUT2D eigenvalue weighted by molar-refractivity contribution is -0.137. The standard InChI is InChI=1S/C22H18F3NS.2C21H22F3NS/c1-14-9-10-16-18(12-14)26-21(15-6-3-2-4-7-15)20(16)17(13-22(23,24)25)19-8-5-11-27-19;2*1-13-8-9-15-17(11-13)25-20(14-5-2-3-6-14)19(15)16(12-21(22,23)24)18-7-4-10-26-18/h2-12,17,26H,13H2,1H3;2*4,7-11,14,16,25H,2-3,5-6,12H2,1H3/t17-;2*16-/m010/s1. The molecule has 79 heavy (non-hydrogen) atoms. The van der Waals surface area contributed by atoms with Gasteiger partial charge in [0.05, 0.1) is 25.0 Å². The maximum absolute atomic E-state index is 13.5. The van der Waals surface area contributed by atoms with E-state index >= 15 is 0 Å². The fraction of sp³-hybridized carbons (Fsp3) is 0.344.